The fourth-order valence-corrected chi connectivity index (χ4v) is 1.80. The molecule has 2 heteroatoms. The van der Waals surface area contributed by atoms with Gasteiger partial charge in [-0.3, -0.25) is 4.79 Å². The van der Waals surface area contributed by atoms with E-state index in [0.29, 0.717) is 0 Å². The molecule has 0 spiro atoms. The zero-order valence-corrected chi connectivity index (χ0v) is 12.2. The number of nitrogens with one attached hydrogen (secondary N) is 1. The molecule has 0 saturated carbocycles. The first-order valence-corrected chi connectivity index (χ1v) is 7.31. The molecule has 0 fully saturated rings. The quantitative estimate of drug-likeness (QED) is 0.572. The van der Waals surface area contributed by atoms with E-state index < -0.39 is 0 Å². The molecule has 0 bridgehead atoms. The van der Waals surface area contributed by atoms with Gasteiger partial charge in [-0.25, -0.2) is 0 Å². The number of unbranched alkanes of at least 4 members (excludes halogenated alkanes) is 5. The third-order valence-electron chi connectivity index (χ3n) is 3.03. The highest BCUT2D eigenvalue weighted by Gasteiger charge is 2.04. The van der Waals surface area contributed by atoms with Crippen LogP contribution in [0.15, 0.2) is 0 Å². The van der Waals surface area contributed by atoms with Crippen molar-refractivity contribution >= 4 is 5.91 Å². The summed E-state index contributed by atoms with van der Waals surface area (Å²) >= 11 is 0. The van der Waals surface area contributed by atoms with E-state index in [1.54, 1.807) is 0 Å². The second kappa shape index (κ2) is 10.6. The highest BCUT2D eigenvalue weighted by molar-refractivity contribution is 5.77. The number of carbonyl (C=O) groups is 1. The highest BCUT2D eigenvalue weighted by atomic mass is 16.1. The van der Waals surface area contributed by atoms with E-state index in [2.05, 4.69) is 19.2 Å². The van der Waals surface area contributed by atoms with Gasteiger partial charge in [0.15, 0.2) is 0 Å². The molecule has 2 nitrogen and oxygen atoms in total. The lowest BCUT2D eigenvalue weighted by Crippen LogP contribution is -2.28. The van der Waals surface area contributed by atoms with E-state index in [-0.39, 0.29) is 11.8 Å². The standard InChI is InChI=1S/C15H31NO/c1-13(2)11-9-7-5-6-8-10-12-16-15(17)14(3)4/h13-14H,5-12H2,1-4H3,(H,16,17). The molecule has 0 rings (SSSR count). The third kappa shape index (κ3) is 11.7. The molecule has 0 heterocycles. The minimum absolute atomic E-state index is 0.117. The number of carbonyl (C=O) groups excluding carboxylic acids is 1. The first kappa shape index (κ1) is 16.5. The zero-order valence-electron chi connectivity index (χ0n) is 12.2. The topological polar surface area (TPSA) is 29.1 Å². The van der Waals surface area contributed by atoms with E-state index >= 15 is 0 Å². The average Bonchev–Trinajstić information content (AvgIpc) is 2.25. The molecule has 0 aliphatic rings. The maximum atomic E-state index is 11.3. The maximum Gasteiger partial charge on any atom is 0.222 e. The molecule has 0 saturated heterocycles. The van der Waals surface area contributed by atoms with Crippen molar-refractivity contribution in [2.75, 3.05) is 6.54 Å². The number of hydrogen-bond acceptors (Lipinski definition) is 1. The lowest BCUT2D eigenvalue weighted by molar-refractivity contribution is -0.123. The van der Waals surface area contributed by atoms with Crippen molar-refractivity contribution in [1.82, 2.24) is 5.32 Å². The summed E-state index contributed by atoms with van der Waals surface area (Å²) in [7, 11) is 0. The van der Waals surface area contributed by atoms with Crippen molar-refractivity contribution in [2.24, 2.45) is 11.8 Å². The smallest absolute Gasteiger partial charge is 0.222 e. The molecule has 0 aromatic rings. The predicted octanol–water partition coefficient (Wildman–Crippen LogP) is 4.15. The zero-order chi connectivity index (χ0) is 13.1. The van der Waals surface area contributed by atoms with E-state index in [9.17, 15) is 4.79 Å². The van der Waals surface area contributed by atoms with Crippen LogP contribution in [0.4, 0.5) is 0 Å². The third-order valence-corrected chi connectivity index (χ3v) is 3.03. The maximum absolute atomic E-state index is 11.3. The molecule has 17 heavy (non-hydrogen) atoms. The van der Waals surface area contributed by atoms with Crippen molar-refractivity contribution in [3.63, 3.8) is 0 Å². The summed E-state index contributed by atoms with van der Waals surface area (Å²) in [4.78, 5) is 11.3. The van der Waals surface area contributed by atoms with Crippen molar-refractivity contribution in [2.45, 2.75) is 72.6 Å². The van der Waals surface area contributed by atoms with E-state index in [4.69, 9.17) is 0 Å². The molecule has 1 amide bonds. The van der Waals surface area contributed by atoms with Crippen LogP contribution in [0.3, 0.4) is 0 Å². The van der Waals surface area contributed by atoms with Crippen LogP contribution in [0.5, 0.6) is 0 Å². The van der Waals surface area contributed by atoms with E-state index in [0.717, 1.165) is 18.9 Å². The Kier molecular flexibility index (Phi) is 10.3. The van der Waals surface area contributed by atoms with Crippen LogP contribution in [-0.2, 0) is 4.79 Å². The van der Waals surface area contributed by atoms with Crippen molar-refractivity contribution < 1.29 is 4.79 Å². The first-order chi connectivity index (χ1) is 8.04. The molecule has 0 atom stereocenters. The molecule has 0 aliphatic carbocycles. The van der Waals surface area contributed by atoms with Gasteiger partial charge in [0.2, 0.25) is 5.91 Å². The molecular weight excluding hydrogens is 210 g/mol. The van der Waals surface area contributed by atoms with Gasteiger partial charge in [0, 0.05) is 12.5 Å². The second-order valence-electron chi connectivity index (χ2n) is 5.75. The first-order valence-electron chi connectivity index (χ1n) is 7.31. The predicted molar refractivity (Wildman–Crippen MR) is 75.0 cm³/mol. The van der Waals surface area contributed by atoms with Gasteiger partial charge >= 0.3 is 0 Å². The second-order valence-corrected chi connectivity index (χ2v) is 5.75. The summed E-state index contributed by atoms with van der Waals surface area (Å²) < 4.78 is 0. The van der Waals surface area contributed by atoms with Crippen molar-refractivity contribution in [3.05, 3.63) is 0 Å². The number of rotatable bonds is 10. The van der Waals surface area contributed by atoms with E-state index in [1.807, 2.05) is 13.8 Å². The molecular formula is C15H31NO. The van der Waals surface area contributed by atoms with Crippen LogP contribution in [0.25, 0.3) is 0 Å². The Balaban J connectivity index is 3.11. The summed E-state index contributed by atoms with van der Waals surface area (Å²) in [5, 5.41) is 2.96. The molecule has 1 N–H and O–H groups in total. The normalized spacial score (nSPS) is 11.2. The molecule has 0 radical (unpaired) electrons. The minimum atomic E-state index is 0.117. The number of hydrogen-bond donors (Lipinski definition) is 1. The fraction of sp³-hybridized carbons (Fsp3) is 0.933. The lowest BCUT2D eigenvalue weighted by Gasteiger charge is -2.07. The van der Waals surface area contributed by atoms with Crippen LogP contribution in [-0.4, -0.2) is 12.5 Å². The summed E-state index contributed by atoms with van der Waals surface area (Å²) in [6.07, 6.45) is 9.16. The van der Waals surface area contributed by atoms with Gasteiger partial charge in [0.25, 0.3) is 0 Å². The Morgan fingerprint density at radius 3 is 1.94 bits per heavy atom. The monoisotopic (exact) mass is 241 g/mol. The number of amides is 1. The average molecular weight is 241 g/mol. The van der Waals surface area contributed by atoms with Gasteiger partial charge < -0.3 is 5.32 Å². The molecule has 0 aromatic carbocycles. The van der Waals surface area contributed by atoms with Gasteiger partial charge in [-0.2, -0.15) is 0 Å². The summed E-state index contributed by atoms with van der Waals surface area (Å²) in [5.74, 6) is 1.15. The highest BCUT2D eigenvalue weighted by Crippen LogP contribution is 2.11. The van der Waals surface area contributed by atoms with Crippen molar-refractivity contribution in [1.29, 1.82) is 0 Å². The van der Waals surface area contributed by atoms with Gasteiger partial charge in [0.1, 0.15) is 0 Å². The summed E-state index contributed by atoms with van der Waals surface area (Å²) in [6.45, 7) is 9.30. The Labute approximate surface area is 108 Å². The van der Waals surface area contributed by atoms with Crippen LogP contribution < -0.4 is 5.32 Å². The SMILES string of the molecule is CC(C)CCCCCCCCNC(=O)C(C)C. The van der Waals surface area contributed by atoms with Crippen LogP contribution in [0.2, 0.25) is 0 Å². The van der Waals surface area contributed by atoms with Gasteiger partial charge in [-0.1, -0.05) is 66.2 Å². The Hall–Kier alpha value is -0.530. The Morgan fingerprint density at radius 1 is 0.882 bits per heavy atom. The van der Waals surface area contributed by atoms with Crippen molar-refractivity contribution in [3.8, 4) is 0 Å². The molecule has 0 unspecified atom stereocenters. The fourth-order valence-electron chi connectivity index (χ4n) is 1.80. The lowest BCUT2D eigenvalue weighted by atomic mass is 10.0. The van der Waals surface area contributed by atoms with E-state index in [1.165, 1.54) is 38.5 Å². The summed E-state index contributed by atoms with van der Waals surface area (Å²) in [5.41, 5.74) is 0. The van der Waals surface area contributed by atoms with Gasteiger partial charge in [-0.05, 0) is 12.3 Å². The molecule has 0 aliphatic heterocycles. The van der Waals surface area contributed by atoms with Gasteiger partial charge in [0.05, 0.1) is 0 Å². The van der Waals surface area contributed by atoms with Crippen LogP contribution in [0, 0.1) is 11.8 Å². The summed E-state index contributed by atoms with van der Waals surface area (Å²) in [6, 6.07) is 0. The Bertz CT molecular complexity index is 187. The largest absolute Gasteiger partial charge is 0.356 e. The molecule has 0 aromatic heterocycles. The molecule has 102 valence electrons. The van der Waals surface area contributed by atoms with Crippen LogP contribution >= 0.6 is 0 Å². The van der Waals surface area contributed by atoms with Crippen LogP contribution in [0.1, 0.15) is 72.6 Å². The Morgan fingerprint density at radius 2 is 1.41 bits per heavy atom. The van der Waals surface area contributed by atoms with Gasteiger partial charge in [-0.15, -0.1) is 0 Å². The minimum Gasteiger partial charge on any atom is -0.356 e.